The van der Waals surface area contributed by atoms with Gasteiger partial charge in [0.1, 0.15) is 24.2 Å². The van der Waals surface area contributed by atoms with Crippen LogP contribution in [0.5, 0.6) is 0 Å². The molecule has 17 heteroatoms. The molecule has 1 heterocycles. The van der Waals surface area contributed by atoms with Crippen LogP contribution < -0.4 is 21.3 Å². The third-order valence-electron chi connectivity index (χ3n) is 7.52. The number of likely N-dealkylation sites (tertiary alicyclic amines) is 1. The van der Waals surface area contributed by atoms with Crippen LogP contribution in [0.25, 0.3) is 0 Å². The number of nitro groups is 1. The zero-order valence-corrected chi connectivity index (χ0v) is 25.1. The molecule has 45 heavy (non-hydrogen) atoms. The van der Waals surface area contributed by atoms with E-state index in [4.69, 9.17) is 5.73 Å². The Morgan fingerprint density at radius 1 is 1.09 bits per heavy atom. The number of anilines is 1. The summed E-state index contributed by atoms with van der Waals surface area (Å²) in [6.45, 7) is 4.73. The summed E-state index contributed by atoms with van der Waals surface area (Å²) in [5.41, 5.74) is 5.06. The van der Waals surface area contributed by atoms with Gasteiger partial charge in [-0.1, -0.05) is 20.3 Å². The molecule has 5 atom stereocenters. The first kappa shape index (κ1) is 36.1. The highest BCUT2D eigenvalue weighted by molar-refractivity contribution is 6.06. The lowest BCUT2D eigenvalue weighted by atomic mass is 9.97. The molecule has 6 N–H and O–H groups in total. The second-order valence-corrected chi connectivity index (χ2v) is 10.7. The summed E-state index contributed by atoms with van der Waals surface area (Å²) in [4.78, 5) is 101. The van der Waals surface area contributed by atoms with Crippen molar-refractivity contribution in [3.05, 3.63) is 34.4 Å². The summed E-state index contributed by atoms with van der Waals surface area (Å²) in [5.74, 6) is -7.18. The van der Waals surface area contributed by atoms with E-state index >= 15 is 0 Å². The van der Waals surface area contributed by atoms with Crippen LogP contribution in [0.15, 0.2) is 24.3 Å². The molecule has 0 aliphatic carbocycles. The van der Waals surface area contributed by atoms with Gasteiger partial charge in [-0.15, -0.1) is 0 Å². The minimum absolute atomic E-state index is 0.00341. The van der Waals surface area contributed by atoms with Crippen molar-refractivity contribution >= 4 is 52.8 Å². The first-order valence-electron chi connectivity index (χ1n) is 14.3. The van der Waals surface area contributed by atoms with Crippen molar-refractivity contribution in [3.8, 4) is 0 Å². The molecule has 1 aromatic rings. The van der Waals surface area contributed by atoms with Gasteiger partial charge in [0.2, 0.25) is 23.6 Å². The van der Waals surface area contributed by atoms with Gasteiger partial charge >= 0.3 is 11.9 Å². The van der Waals surface area contributed by atoms with E-state index in [0.29, 0.717) is 6.42 Å². The third-order valence-corrected chi connectivity index (χ3v) is 7.52. The number of hydrogen-bond acceptors (Lipinski definition) is 9. The molecule has 246 valence electrons. The molecule has 1 saturated heterocycles. The topological polar surface area (TPSA) is 260 Å². The van der Waals surface area contributed by atoms with Crippen LogP contribution in [0.3, 0.4) is 0 Å². The van der Waals surface area contributed by atoms with E-state index in [1.807, 2.05) is 0 Å². The standard InChI is InChI=1S/C28H38N6O11/c1-4-15(2)24(30-16(3)35)26(41)31-19(11-12-22(36)37)27(42)32-13-5-6-20(32)28(43)33(21(25(29)40)14-23(38)39)17-7-9-18(10-8-17)34(44)45/h7-10,15,19-21,24H,4-6,11-14H2,1-3H3,(H2,29,40)(H,30,35)(H,31,41)(H,36,37)(H,38,39)/t15?,19-,20-,21-,24-/m0/s1. The number of rotatable bonds is 16. The molecular weight excluding hydrogens is 596 g/mol. The van der Waals surface area contributed by atoms with E-state index in [9.17, 15) is 53.9 Å². The van der Waals surface area contributed by atoms with Crippen molar-refractivity contribution in [2.24, 2.45) is 11.7 Å². The van der Waals surface area contributed by atoms with E-state index in [1.54, 1.807) is 13.8 Å². The van der Waals surface area contributed by atoms with Crippen LogP contribution in [0.4, 0.5) is 11.4 Å². The van der Waals surface area contributed by atoms with Crippen molar-refractivity contribution in [3.63, 3.8) is 0 Å². The smallest absolute Gasteiger partial charge is 0.306 e. The van der Waals surface area contributed by atoms with Crippen molar-refractivity contribution in [2.75, 3.05) is 11.4 Å². The summed E-state index contributed by atoms with van der Waals surface area (Å²) in [5, 5.41) is 34.9. The second-order valence-electron chi connectivity index (χ2n) is 10.7. The lowest BCUT2D eigenvalue weighted by Crippen LogP contribution is -2.59. The van der Waals surface area contributed by atoms with Gasteiger partial charge in [-0.2, -0.15) is 0 Å². The summed E-state index contributed by atoms with van der Waals surface area (Å²) in [6, 6.07) is -1.09. The summed E-state index contributed by atoms with van der Waals surface area (Å²) >= 11 is 0. The molecule has 1 aliphatic heterocycles. The maximum atomic E-state index is 14.0. The zero-order valence-electron chi connectivity index (χ0n) is 25.1. The predicted molar refractivity (Wildman–Crippen MR) is 156 cm³/mol. The fourth-order valence-corrected chi connectivity index (χ4v) is 5.04. The van der Waals surface area contributed by atoms with E-state index < -0.39 is 83.4 Å². The lowest BCUT2D eigenvalue weighted by molar-refractivity contribution is -0.384. The van der Waals surface area contributed by atoms with Crippen molar-refractivity contribution in [1.82, 2.24) is 15.5 Å². The average Bonchev–Trinajstić information content (AvgIpc) is 3.46. The van der Waals surface area contributed by atoms with Crippen LogP contribution in [0.2, 0.25) is 0 Å². The predicted octanol–water partition coefficient (Wildman–Crippen LogP) is 0.148. The Hall–Kier alpha value is -5.09. The Kier molecular flexibility index (Phi) is 12.9. The Balaban J connectivity index is 2.50. The molecule has 1 fully saturated rings. The highest BCUT2D eigenvalue weighted by Crippen LogP contribution is 2.28. The SMILES string of the molecule is CCC(C)[C@H](NC(C)=O)C(=O)N[C@@H](CCC(=O)O)C(=O)N1CCC[C@H]1C(=O)N(c1ccc([N+](=O)[O-])cc1)[C@@H](CC(=O)O)C(N)=O. The van der Waals surface area contributed by atoms with E-state index in [-0.39, 0.29) is 43.1 Å². The zero-order chi connectivity index (χ0) is 34.0. The number of nitrogens with zero attached hydrogens (tertiary/aromatic N) is 3. The third kappa shape index (κ3) is 9.70. The van der Waals surface area contributed by atoms with Gasteiger partial charge in [-0.3, -0.25) is 48.6 Å². The van der Waals surface area contributed by atoms with Gasteiger partial charge < -0.3 is 31.5 Å². The number of nitrogens with one attached hydrogen (secondary N) is 2. The van der Waals surface area contributed by atoms with Crippen LogP contribution >= 0.6 is 0 Å². The number of primary amides is 1. The largest absolute Gasteiger partial charge is 0.481 e. The summed E-state index contributed by atoms with van der Waals surface area (Å²) in [7, 11) is 0. The molecule has 0 radical (unpaired) electrons. The lowest BCUT2D eigenvalue weighted by Gasteiger charge is -2.35. The quantitative estimate of drug-likeness (QED) is 0.121. The van der Waals surface area contributed by atoms with Gasteiger partial charge in [0.15, 0.2) is 0 Å². The monoisotopic (exact) mass is 634 g/mol. The fraction of sp³-hybridized carbons (Fsp3) is 0.536. The number of benzene rings is 1. The van der Waals surface area contributed by atoms with E-state index in [0.717, 1.165) is 34.1 Å². The van der Waals surface area contributed by atoms with Crippen molar-refractivity contribution in [2.45, 2.75) is 83.5 Å². The first-order chi connectivity index (χ1) is 21.1. The van der Waals surface area contributed by atoms with Crippen molar-refractivity contribution < 1.29 is 48.7 Å². The number of carboxylic acids is 2. The highest BCUT2D eigenvalue weighted by Gasteiger charge is 2.43. The molecule has 0 saturated carbocycles. The normalized spacial score (nSPS) is 16.9. The first-order valence-corrected chi connectivity index (χ1v) is 14.3. The van der Waals surface area contributed by atoms with Gasteiger partial charge in [0.25, 0.3) is 11.6 Å². The number of aliphatic carboxylic acids is 2. The maximum absolute atomic E-state index is 14.0. The van der Waals surface area contributed by atoms with Gasteiger partial charge in [0, 0.05) is 37.7 Å². The Morgan fingerprint density at radius 3 is 2.20 bits per heavy atom. The van der Waals surface area contributed by atoms with Crippen molar-refractivity contribution in [1.29, 1.82) is 0 Å². The van der Waals surface area contributed by atoms with Gasteiger partial charge in [0.05, 0.1) is 11.3 Å². The molecule has 1 unspecified atom stereocenters. The number of nitrogens with two attached hydrogens (primary N) is 1. The molecule has 2 rings (SSSR count). The van der Waals surface area contributed by atoms with Crippen LogP contribution in [0, 0.1) is 16.0 Å². The molecular formula is C28H38N6O11. The molecule has 1 aliphatic rings. The minimum atomic E-state index is -1.73. The molecule has 17 nitrogen and oxygen atoms in total. The molecule has 5 amide bonds. The van der Waals surface area contributed by atoms with Crippen LogP contribution in [0.1, 0.15) is 59.3 Å². The minimum Gasteiger partial charge on any atom is -0.481 e. The summed E-state index contributed by atoms with van der Waals surface area (Å²) in [6.07, 6.45) is -0.931. The Bertz CT molecular complexity index is 1320. The molecule has 1 aromatic carbocycles. The second kappa shape index (κ2) is 16.1. The van der Waals surface area contributed by atoms with E-state index in [2.05, 4.69) is 10.6 Å². The number of carboxylic acid groups (broad SMARTS) is 2. The number of carbonyl (C=O) groups excluding carboxylic acids is 5. The maximum Gasteiger partial charge on any atom is 0.306 e. The molecule has 0 spiro atoms. The number of non-ortho nitro benzene ring substituents is 1. The average molecular weight is 635 g/mol. The molecule has 0 aromatic heterocycles. The highest BCUT2D eigenvalue weighted by atomic mass is 16.6. The molecule has 0 bridgehead atoms. The fourth-order valence-electron chi connectivity index (χ4n) is 5.04. The van der Waals surface area contributed by atoms with Crippen LogP contribution in [-0.2, 0) is 33.6 Å². The van der Waals surface area contributed by atoms with Gasteiger partial charge in [-0.25, -0.2) is 0 Å². The number of carbonyl (C=O) groups is 7. The number of nitro benzene ring substituents is 1. The van der Waals surface area contributed by atoms with E-state index in [1.165, 1.54) is 6.92 Å². The number of amides is 5. The van der Waals surface area contributed by atoms with Crippen LogP contribution in [-0.4, -0.2) is 92.2 Å². The number of hydrogen-bond donors (Lipinski definition) is 5. The Morgan fingerprint density at radius 2 is 1.71 bits per heavy atom. The Labute approximate surface area is 258 Å². The van der Waals surface area contributed by atoms with Gasteiger partial charge in [-0.05, 0) is 37.3 Å². The summed E-state index contributed by atoms with van der Waals surface area (Å²) < 4.78 is 0.